The molecular formula is C28H33NO4. The Morgan fingerprint density at radius 3 is 2.27 bits per heavy atom. The minimum Gasteiger partial charge on any atom is -0.496 e. The second-order valence-electron chi connectivity index (χ2n) is 9.04. The fourth-order valence-corrected chi connectivity index (χ4v) is 5.00. The molecule has 1 N–H and O–H groups in total. The van der Waals surface area contributed by atoms with Gasteiger partial charge in [0.2, 0.25) is 0 Å². The number of nitrogens with zero attached hydrogens (tertiary/aromatic N) is 1. The monoisotopic (exact) mass is 447 g/mol. The lowest BCUT2D eigenvalue weighted by atomic mass is 9.88. The van der Waals surface area contributed by atoms with Gasteiger partial charge < -0.3 is 19.5 Å². The highest BCUT2D eigenvalue weighted by molar-refractivity contribution is 6.01. The Labute approximate surface area is 195 Å². The van der Waals surface area contributed by atoms with Gasteiger partial charge in [0.1, 0.15) is 11.5 Å². The van der Waals surface area contributed by atoms with Gasteiger partial charge in [-0.15, -0.1) is 0 Å². The average molecular weight is 448 g/mol. The van der Waals surface area contributed by atoms with Crippen LogP contribution in [-0.4, -0.2) is 50.3 Å². The Balaban J connectivity index is 1.75. The Kier molecular flexibility index (Phi) is 7.19. The molecule has 0 radical (unpaired) electrons. The highest BCUT2D eigenvalue weighted by Gasteiger charge is 2.21. The van der Waals surface area contributed by atoms with Crippen LogP contribution in [0.5, 0.6) is 11.5 Å². The zero-order chi connectivity index (χ0) is 23.4. The maximum absolute atomic E-state index is 11.1. The molecule has 5 nitrogen and oxygen atoms in total. The van der Waals surface area contributed by atoms with E-state index in [4.69, 9.17) is 14.6 Å². The number of piperidine rings is 1. The van der Waals surface area contributed by atoms with E-state index in [2.05, 4.69) is 42.3 Å². The van der Waals surface area contributed by atoms with Gasteiger partial charge in [-0.1, -0.05) is 36.4 Å². The van der Waals surface area contributed by atoms with Crippen molar-refractivity contribution in [2.45, 2.75) is 32.1 Å². The number of ether oxygens (including phenoxy) is 2. The van der Waals surface area contributed by atoms with Gasteiger partial charge >= 0.3 is 5.97 Å². The zero-order valence-corrected chi connectivity index (χ0v) is 19.8. The first-order chi connectivity index (χ1) is 16.0. The first-order valence-corrected chi connectivity index (χ1v) is 11.7. The summed E-state index contributed by atoms with van der Waals surface area (Å²) in [4.78, 5) is 13.5. The number of hydrogen-bond donors (Lipinski definition) is 1. The smallest absolute Gasteiger partial charge is 0.303 e. The summed E-state index contributed by atoms with van der Waals surface area (Å²) in [5.74, 6) is 1.50. The first-order valence-electron chi connectivity index (χ1n) is 11.7. The minimum absolute atomic E-state index is 0.113. The molecule has 0 unspecified atom stereocenters. The standard InChI is InChI=1S/C28H33NO4/c1-29-14-12-19(13-15-29)16-20-17-25(32-2)28(26(18-20)33-3)24-9-5-7-22-21(10-11-27(30)31)6-4-8-23(22)24/h4-9,17-19H,10-16H2,1-3H3,(H,30,31). The van der Waals surface area contributed by atoms with Crippen molar-refractivity contribution in [2.24, 2.45) is 5.92 Å². The number of carbonyl (C=O) groups is 1. The van der Waals surface area contributed by atoms with E-state index in [1.807, 2.05) is 18.2 Å². The molecule has 1 aliphatic rings. The molecule has 1 saturated heterocycles. The van der Waals surface area contributed by atoms with E-state index < -0.39 is 5.97 Å². The highest BCUT2D eigenvalue weighted by atomic mass is 16.5. The number of fused-ring (bicyclic) bond motifs is 1. The maximum atomic E-state index is 11.1. The van der Waals surface area contributed by atoms with E-state index in [0.29, 0.717) is 12.3 Å². The molecule has 0 saturated carbocycles. The van der Waals surface area contributed by atoms with Crippen LogP contribution in [0.25, 0.3) is 21.9 Å². The predicted molar refractivity (Wildman–Crippen MR) is 132 cm³/mol. The molecule has 0 amide bonds. The van der Waals surface area contributed by atoms with Crippen LogP contribution in [0.4, 0.5) is 0 Å². The van der Waals surface area contributed by atoms with Crippen molar-refractivity contribution in [1.29, 1.82) is 0 Å². The Morgan fingerprint density at radius 2 is 1.64 bits per heavy atom. The van der Waals surface area contributed by atoms with Crippen LogP contribution < -0.4 is 9.47 Å². The SMILES string of the molecule is COc1cc(CC2CCN(C)CC2)cc(OC)c1-c1cccc2c(CCC(=O)O)cccc12. The number of carboxylic acids is 1. The van der Waals surface area contributed by atoms with Crippen molar-refractivity contribution in [2.75, 3.05) is 34.4 Å². The molecule has 0 aliphatic carbocycles. The van der Waals surface area contributed by atoms with E-state index in [0.717, 1.165) is 58.5 Å². The molecule has 1 fully saturated rings. The van der Waals surface area contributed by atoms with Crippen molar-refractivity contribution in [3.63, 3.8) is 0 Å². The molecule has 174 valence electrons. The highest BCUT2D eigenvalue weighted by Crippen LogP contribution is 2.43. The van der Waals surface area contributed by atoms with Gasteiger partial charge in [-0.3, -0.25) is 4.79 Å². The number of rotatable bonds is 8. The van der Waals surface area contributed by atoms with E-state index in [1.165, 1.54) is 18.4 Å². The predicted octanol–water partition coefficient (Wildman–Crippen LogP) is 5.43. The third-order valence-electron chi connectivity index (χ3n) is 6.82. The Hall–Kier alpha value is -3.05. The molecule has 4 rings (SSSR count). The fourth-order valence-electron chi connectivity index (χ4n) is 5.00. The largest absolute Gasteiger partial charge is 0.496 e. The van der Waals surface area contributed by atoms with Crippen molar-refractivity contribution in [1.82, 2.24) is 4.90 Å². The Morgan fingerprint density at radius 1 is 1.00 bits per heavy atom. The molecule has 33 heavy (non-hydrogen) atoms. The zero-order valence-electron chi connectivity index (χ0n) is 19.8. The van der Waals surface area contributed by atoms with Gasteiger partial charge in [-0.2, -0.15) is 0 Å². The third kappa shape index (κ3) is 5.14. The van der Waals surface area contributed by atoms with Gasteiger partial charge in [-0.05, 0) is 91.3 Å². The van der Waals surface area contributed by atoms with E-state index >= 15 is 0 Å². The van der Waals surface area contributed by atoms with Crippen molar-refractivity contribution >= 4 is 16.7 Å². The van der Waals surface area contributed by atoms with Crippen LogP contribution in [0.3, 0.4) is 0 Å². The quantitative estimate of drug-likeness (QED) is 0.499. The van der Waals surface area contributed by atoms with E-state index in [1.54, 1.807) is 14.2 Å². The lowest BCUT2D eigenvalue weighted by molar-refractivity contribution is -0.136. The number of benzene rings is 3. The molecule has 0 aromatic heterocycles. The molecule has 0 atom stereocenters. The molecule has 3 aromatic carbocycles. The van der Waals surface area contributed by atoms with E-state index in [-0.39, 0.29) is 6.42 Å². The van der Waals surface area contributed by atoms with Crippen molar-refractivity contribution in [3.8, 4) is 22.6 Å². The summed E-state index contributed by atoms with van der Waals surface area (Å²) in [5, 5.41) is 11.3. The third-order valence-corrected chi connectivity index (χ3v) is 6.82. The number of likely N-dealkylation sites (tertiary alicyclic amines) is 1. The van der Waals surface area contributed by atoms with Crippen LogP contribution in [0, 0.1) is 5.92 Å². The molecular weight excluding hydrogens is 414 g/mol. The molecule has 1 heterocycles. The van der Waals surface area contributed by atoms with Gasteiger partial charge in [-0.25, -0.2) is 0 Å². The molecule has 3 aromatic rings. The van der Waals surface area contributed by atoms with Crippen LogP contribution in [0.1, 0.15) is 30.4 Å². The fraction of sp³-hybridized carbons (Fsp3) is 0.393. The summed E-state index contributed by atoms with van der Waals surface area (Å²) < 4.78 is 11.8. The van der Waals surface area contributed by atoms with Crippen LogP contribution in [0.2, 0.25) is 0 Å². The van der Waals surface area contributed by atoms with Gasteiger partial charge in [0.15, 0.2) is 0 Å². The normalized spacial score (nSPS) is 15.0. The van der Waals surface area contributed by atoms with Crippen molar-refractivity contribution < 1.29 is 19.4 Å². The lowest BCUT2D eigenvalue weighted by Crippen LogP contribution is -2.30. The second-order valence-corrected chi connectivity index (χ2v) is 9.04. The summed E-state index contributed by atoms with van der Waals surface area (Å²) in [6, 6.07) is 16.6. The van der Waals surface area contributed by atoms with Crippen molar-refractivity contribution in [3.05, 3.63) is 59.7 Å². The Bertz CT molecular complexity index is 1110. The summed E-state index contributed by atoms with van der Waals surface area (Å²) in [5.41, 5.74) is 4.25. The average Bonchev–Trinajstić information content (AvgIpc) is 2.83. The van der Waals surface area contributed by atoms with Gasteiger partial charge in [0, 0.05) is 6.42 Å². The van der Waals surface area contributed by atoms with Gasteiger partial charge in [0.05, 0.1) is 19.8 Å². The summed E-state index contributed by atoms with van der Waals surface area (Å²) in [6.07, 6.45) is 4.06. The number of methoxy groups -OCH3 is 2. The van der Waals surface area contributed by atoms with Crippen LogP contribution in [-0.2, 0) is 17.6 Å². The number of carboxylic acid groups (broad SMARTS) is 1. The number of aryl methyl sites for hydroxylation is 1. The number of aliphatic carboxylic acids is 1. The van der Waals surface area contributed by atoms with Crippen LogP contribution in [0.15, 0.2) is 48.5 Å². The second kappa shape index (κ2) is 10.3. The number of hydrogen-bond acceptors (Lipinski definition) is 4. The lowest BCUT2D eigenvalue weighted by Gasteiger charge is -2.29. The van der Waals surface area contributed by atoms with Gasteiger partial charge in [0.25, 0.3) is 0 Å². The summed E-state index contributed by atoms with van der Waals surface area (Å²) >= 11 is 0. The summed E-state index contributed by atoms with van der Waals surface area (Å²) in [7, 11) is 5.61. The first kappa shape index (κ1) is 23.1. The summed E-state index contributed by atoms with van der Waals surface area (Å²) in [6.45, 7) is 2.30. The van der Waals surface area contributed by atoms with E-state index in [9.17, 15) is 4.79 Å². The van der Waals surface area contributed by atoms with Crippen LogP contribution >= 0.6 is 0 Å². The topological polar surface area (TPSA) is 59.0 Å². The molecule has 0 spiro atoms. The molecule has 0 bridgehead atoms. The molecule has 5 heteroatoms. The maximum Gasteiger partial charge on any atom is 0.303 e. The minimum atomic E-state index is -0.785. The molecule has 1 aliphatic heterocycles.